The van der Waals surface area contributed by atoms with Crippen molar-refractivity contribution in [2.75, 3.05) is 27.2 Å². The number of carboxylic acids is 1. The molecule has 5 heteroatoms. The lowest BCUT2D eigenvalue weighted by Crippen LogP contribution is -2.15. The number of ether oxygens (including phenoxy) is 1. The molecule has 0 unspecified atom stereocenters. The van der Waals surface area contributed by atoms with E-state index in [4.69, 9.17) is 9.84 Å². The minimum atomic E-state index is -0.900. The van der Waals surface area contributed by atoms with E-state index in [1.54, 1.807) is 18.2 Å². The first kappa shape index (κ1) is 19.0. The van der Waals surface area contributed by atoms with Gasteiger partial charge in [0, 0.05) is 19.6 Å². The van der Waals surface area contributed by atoms with Gasteiger partial charge in [-0.05, 0) is 55.9 Å². The minimum Gasteiger partial charge on any atom is -0.494 e. The fraction of sp³-hybridized carbons (Fsp3) is 0.350. The summed E-state index contributed by atoms with van der Waals surface area (Å²) in [5.41, 5.74) is 2.44. The lowest BCUT2D eigenvalue weighted by Gasteiger charge is -2.11. The van der Waals surface area contributed by atoms with Crippen LogP contribution in [0, 0.1) is 0 Å². The fourth-order valence-electron chi connectivity index (χ4n) is 2.44. The van der Waals surface area contributed by atoms with Crippen LogP contribution in [0.25, 0.3) is 0 Å². The normalized spacial score (nSPS) is 10.8. The molecule has 25 heavy (non-hydrogen) atoms. The first-order valence-electron chi connectivity index (χ1n) is 8.44. The maximum atomic E-state index is 11.0. The van der Waals surface area contributed by atoms with E-state index in [0.29, 0.717) is 12.1 Å². The van der Waals surface area contributed by atoms with Crippen LogP contribution in [-0.4, -0.2) is 43.2 Å². The molecule has 134 valence electrons. The van der Waals surface area contributed by atoms with Crippen LogP contribution in [0.2, 0.25) is 0 Å². The monoisotopic (exact) mass is 342 g/mol. The van der Waals surface area contributed by atoms with Crippen LogP contribution in [0.5, 0.6) is 5.75 Å². The zero-order chi connectivity index (χ0) is 18.1. The van der Waals surface area contributed by atoms with Gasteiger partial charge in [0.1, 0.15) is 5.75 Å². The molecule has 0 aliphatic rings. The molecule has 0 heterocycles. The summed E-state index contributed by atoms with van der Waals surface area (Å²) in [6, 6.07) is 15.0. The molecule has 0 aromatic heterocycles. The van der Waals surface area contributed by atoms with Crippen LogP contribution < -0.4 is 10.1 Å². The number of carbonyl (C=O) groups is 1. The van der Waals surface area contributed by atoms with Crippen molar-refractivity contribution in [3.8, 4) is 5.75 Å². The largest absolute Gasteiger partial charge is 0.494 e. The van der Waals surface area contributed by atoms with Gasteiger partial charge < -0.3 is 20.1 Å². The summed E-state index contributed by atoms with van der Waals surface area (Å²) in [4.78, 5) is 13.1. The molecule has 2 N–H and O–H groups in total. The fourth-order valence-corrected chi connectivity index (χ4v) is 2.44. The summed E-state index contributed by atoms with van der Waals surface area (Å²) in [5.74, 6) is -0.0142. The Bertz CT molecular complexity index is 669. The van der Waals surface area contributed by atoms with Crippen molar-refractivity contribution in [3.63, 3.8) is 0 Å². The highest BCUT2D eigenvalue weighted by molar-refractivity contribution is 5.87. The van der Waals surface area contributed by atoms with Crippen LogP contribution in [-0.2, 0) is 13.1 Å². The number of carboxylic acid groups (broad SMARTS) is 1. The van der Waals surface area contributed by atoms with Gasteiger partial charge in [-0.25, -0.2) is 4.79 Å². The second kappa shape index (κ2) is 9.81. The van der Waals surface area contributed by atoms with E-state index in [0.717, 1.165) is 43.0 Å². The second-order valence-corrected chi connectivity index (χ2v) is 6.26. The highest BCUT2D eigenvalue weighted by Gasteiger charge is 2.03. The quantitative estimate of drug-likeness (QED) is 0.650. The number of aromatic carboxylic acids is 1. The van der Waals surface area contributed by atoms with Crippen molar-refractivity contribution in [3.05, 3.63) is 65.2 Å². The summed E-state index contributed by atoms with van der Waals surface area (Å²) < 4.78 is 5.72. The second-order valence-electron chi connectivity index (χ2n) is 6.26. The SMILES string of the molecule is CN(C)CCCOc1ccc(CNCc2cccc(C(=O)O)c2)cc1. The molecule has 0 amide bonds. The third-order valence-electron chi connectivity index (χ3n) is 3.77. The standard InChI is InChI=1S/C20H26N2O3/c1-22(2)11-4-12-25-19-9-7-16(8-10-19)14-21-15-17-5-3-6-18(13-17)20(23)24/h3,5-10,13,21H,4,11-12,14-15H2,1-2H3,(H,23,24). The number of hydrogen-bond donors (Lipinski definition) is 2. The van der Waals surface area contributed by atoms with Crippen LogP contribution >= 0.6 is 0 Å². The number of nitrogens with zero attached hydrogens (tertiary/aromatic N) is 1. The predicted molar refractivity (Wildman–Crippen MR) is 99.1 cm³/mol. The van der Waals surface area contributed by atoms with Crippen molar-refractivity contribution in [2.24, 2.45) is 0 Å². The summed E-state index contributed by atoms with van der Waals surface area (Å²) in [7, 11) is 4.11. The van der Waals surface area contributed by atoms with Gasteiger partial charge in [-0.15, -0.1) is 0 Å². The van der Waals surface area contributed by atoms with E-state index in [-0.39, 0.29) is 0 Å². The highest BCUT2D eigenvalue weighted by Crippen LogP contribution is 2.13. The number of rotatable bonds is 10. The molecule has 5 nitrogen and oxygen atoms in total. The Hall–Kier alpha value is -2.37. The highest BCUT2D eigenvalue weighted by atomic mass is 16.5. The zero-order valence-electron chi connectivity index (χ0n) is 14.9. The van der Waals surface area contributed by atoms with Crippen LogP contribution in [0.4, 0.5) is 0 Å². The van der Waals surface area contributed by atoms with Gasteiger partial charge in [0.15, 0.2) is 0 Å². The smallest absolute Gasteiger partial charge is 0.335 e. The van der Waals surface area contributed by atoms with Crippen LogP contribution in [0.3, 0.4) is 0 Å². The van der Waals surface area contributed by atoms with E-state index in [1.165, 1.54) is 0 Å². The molecular formula is C20H26N2O3. The molecule has 2 aromatic rings. The molecule has 0 radical (unpaired) electrons. The van der Waals surface area contributed by atoms with E-state index in [1.807, 2.05) is 30.3 Å². The first-order chi connectivity index (χ1) is 12.0. The van der Waals surface area contributed by atoms with Crippen molar-refractivity contribution < 1.29 is 14.6 Å². The van der Waals surface area contributed by atoms with Gasteiger partial charge in [0.2, 0.25) is 0 Å². The number of benzene rings is 2. The Kier molecular flexibility index (Phi) is 7.44. The summed E-state index contributed by atoms with van der Waals surface area (Å²) in [6.07, 6.45) is 1.01. The molecule has 2 aromatic carbocycles. The predicted octanol–water partition coefficient (Wildman–Crippen LogP) is 3.01. The maximum Gasteiger partial charge on any atom is 0.335 e. The van der Waals surface area contributed by atoms with E-state index in [2.05, 4.69) is 24.3 Å². The van der Waals surface area contributed by atoms with E-state index in [9.17, 15) is 4.79 Å². The molecule has 0 aliphatic carbocycles. The Labute approximate surface area is 149 Å². The topological polar surface area (TPSA) is 61.8 Å². The Morgan fingerprint density at radius 1 is 1.08 bits per heavy atom. The van der Waals surface area contributed by atoms with Crippen molar-refractivity contribution in [2.45, 2.75) is 19.5 Å². The lowest BCUT2D eigenvalue weighted by atomic mass is 10.1. The minimum absolute atomic E-state index is 0.315. The molecule has 0 fully saturated rings. The number of nitrogens with one attached hydrogen (secondary N) is 1. The molecule has 0 bridgehead atoms. The Morgan fingerprint density at radius 3 is 2.48 bits per heavy atom. The van der Waals surface area contributed by atoms with Crippen LogP contribution in [0.15, 0.2) is 48.5 Å². The maximum absolute atomic E-state index is 11.0. The van der Waals surface area contributed by atoms with Crippen molar-refractivity contribution in [1.29, 1.82) is 0 Å². The Morgan fingerprint density at radius 2 is 1.80 bits per heavy atom. The average Bonchev–Trinajstić information content (AvgIpc) is 2.60. The summed E-state index contributed by atoms with van der Waals surface area (Å²) in [6.45, 7) is 3.09. The lowest BCUT2D eigenvalue weighted by molar-refractivity contribution is 0.0696. The average molecular weight is 342 g/mol. The molecule has 0 spiro atoms. The molecular weight excluding hydrogens is 316 g/mol. The first-order valence-corrected chi connectivity index (χ1v) is 8.44. The molecule has 0 atom stereocenters. The molecule has 0 aliphatic heterocycles. The Balaban J connectivity index is 1.74. The zero-order valence-corrected chi connectivity index (χ0v) is 14.9. The van der Waals surface area contributed by atoms with Gasteiger partial charge in [-0.2, -0.15) is 0 Å². The van der Waals surface area contributed by atoms with Crippen molar-refractivity contribution >= 4 is 5.97 Å². The van der Waals surface area contributed by atoms with Gasteiger partial charge >= 0.3 is 5.97 Å². The van der Waals surface area contributed by atoms with Gasteiger partial charge in [-0.1, -0.05) is 24.3 Å². The summed E-state index contributed by atoms with van der Waals surface area (Å²) >= 11 is 0. The van der Waals surface area contributed by atoms with E-state index >= 15 is 0 Å². The van der Waals surface area contributed by atoms with E-state index < -0.39 is 5.97 Å². The molecule has 0 saturated heterocycles. The van der Waals surface area contributed by atoms with Gasteiger partial charge in [0.25, 0.3) is 0 Å². The van der Waals surface area contributed by atoms with Crippen LogP contribution in [0.1, 0.15) is 27.9 Å². The summed E-state index contributed by atoms with van der Waals surface area (Å²) in [5, 5.41) is 12.3. The number of hydrogen-bond acceptors (Lipinski definition) is 4. The van der Waals surface area contributed by atoms with Crippen molar-refractivity contribution in [1.82, 2.24) is 10.2 Å². The molecule has 0 saturated carbocycles. The third-order valence-corrected chi connectivity index (χ3v) is 3.77. The third kappa shape index (κ3) is 6.95. The van der Waals surface area contributed by atoms with Gasteiger partial charge in [-0.3, -0.25) is 0 Å². The molecule has 2 rings (SSSR count). The van der Waals surface area contributed by atoms with Gasteiger partial charge in [0.05, 0.1) is 12.2 Å².